The number of hydrogen-bond acceptors (Lipinski definition) is 6. The van der Waals surface area contributed by atoms with Crippen molar-refractivity contribution in [3.8, 4) is 11.6 Å². The van der Waals surface area contributed by atoms with Gasteiger partial charge in [0.2, 0.25) is 5.88 Å². The number of carbonyl (C=O) groups is 1. The van der Waals surface area contributed by atoms with Crippen molar-refractivity contribution in [2.24, 2.45) is 19.1 Å². The number of aromatic hydroxyl groups is 2. The molecule has 0 saturated heterocycles. The Hall–Kier alpha value is -1.90. The van der Waals surface area contributed by atoms with Gasteiger partial charge in [-0.1, -0.05) is 0 Å². The fourth-order valence-electron chi connectivity index (χ4n) is 2.30. The van der Waals surface area contributed by atoms with Gasteiger partial charge in [-0.25, -0.2) is 9.59 Å². The second kappa shape index (κ2) is 8.41. The summed E-state index contributed by atoms with van der Waals surface area (Å²) in [5.41, 5.74) is -1.13. The molecule has 1 heterocycles. The standard InChI is InChI=1S/C16H15I2N3O6/c1-20-13(23)8(14(24)21(2)16(20)27)6-19-11(15(25)26)5-7-3-9(17)12(22)10(18)4-7/h3-4,6,11,22-23H,5H2,1-2H3,(H,25,26). The number of benzene rings is 1. The van der Waals surface area contributed by atoms with Crippen LogP contribution in [0.25, 0.3) is 0 Å². The maximum absolute atomic E-state index is 12.2. The van der Waals surface area contributed by atoms with E-state index in [4.69, 9.17) is 0 Å². The molecule has 1 atom stereocenters. The maximum atomic E-state index is 12.2. The third kappa shape index (κ3) is 4.51. The fraction of sp³-hybridized carbons (Fsp3) is 0.250. The number of halogens is 2. The van der Waals surface area contributed by atoms with E-state index < -0.39 is 29.1 Å². The molecular weight excluding hydrogens is 584 g/mol. The third-order valence-electron chi connectivity index (χ3n) is 3.84. The van der Waals surface area contributed by atoms with E-state index in [1.165, 1.54) is 14.1 Å². The molecule has 0 spiro atoms. The lowest BCUT2D eigenvalue weighted by Gasteiger charge is -2.11. The van der Waals surface area contributed by atoms with Crippen LogP contribution in [0.3, 0.4) is 0 Å². The van der Waals surface area contributed by atoms with Gasteiger partial charge >= 0.3 is 11.7 Å². The Morgan fingerprint density at radius 2 is 1.74 bits per heavy atom. The smallest absolute Gasteiger partial charge is 0.333 e. The molecule has 1 unspecified atom stereocenters. The SMILES string of the molecule is Cn1c(O)c(C=NC(Cc2cc(I)c(O)c(I)c2)C(=O)O)c(=O)n(C)c1=O. The first-order valence-corrected chi connectivity index (χ1v) is 9.62. The topological polar surface area (TPSA) is 134 Å². The zero-order valence-electron chi connectivity index (χ0n) is 14.2. The van der Waals surface area contributed by atoms with Gasteiger partial charge in [0.25, 0.3) is 5.56 Å². The minimum Gasteiger partial charge on any atom is -0.506 e. The number of hydrogen-bond donors (Lipinski definition) is 3. The van der Waals surface area contributed by atoms with Crippen molar-refractivity contribution in [2.45, 2.75) is 12.5 Å². The van der Waals surface area contributed by atoms with Crippen LogP contribution < -0.4 is 11.2 Å². The molecule has 27 heavy (non-hydrogen) atoms. The van der Waals surface area contributed by atoms with Crippen LogP contribution >= 0.6 is 45.2 Å². The largest absolute Gasteiger partial charge is 0.506 e. The molecule has 11 heteroatoms. The van der Waals surface area contributed by atoms with Crippen molar-refractivity contribution in [1.82, 2.24) is 9.13 Å². The number of rotatable bonds is 5. The number of carboxylic acids is 1. The normalized spacial score (nSPS) is 12.4. The predicted molar refractivity (Wildman–Crippen MR) is 115 cm³/mol. The lowest BCUT2D eigenvalue weighted by Crippen LogP contribution is -2.38. The number of phenolic OH excluding ortho intramolecular Hbond substituents is 1. The summed E-state index contributed by atoms with van der Waals surface area (Å²) in [4.78, 5) is 39.4. The number of aliphatic imine (C=N–C) groups is 1. The fourth-order valence-corrected chi connectivity index (χ4v) is 4.20. The summed E-state index contributed by atoms with van der Waals surface area (Å²) in [5.74, 6) is -1.69. The van der Waals surface area contributed by atoms with Crippen LogP contribution in [-0.4, -0.2) is 42.7 Å². The number of aromatic nitrogens is 2. The molecule has 0 aliphatic heterocycles. The zero-order chi connectivity index (χ0) is 20.5. The summed E-state index contributed by atoms with van der Waals surface area (Å²) in [6.45, 7) is 0. The van der Waals surface area contributed by atoms with E-state index in [2.05, 4.69) is 4.99 Å². The van der Waals surface area contributed by atoms with Gasteiger partial charge in [0, 0.05) is 26.7 Å². The van der Waals surface area contributed by atoms with Gasteiger partial charge in [-0.15, -0.1) is 0 Å². The number of phenols is 1. The van der Waals surface area contributed by atoms with Crippen LogP contribution in [-0.2, 0) is 25.3 Å². The summed E-state index contributed by atoms with van der Waals surface area (Å²) in [5, 5.41) is 29.2. The first kappa shape index (κ1) is 21.4. The molecule has 2 rings (SSSR count). The number of carboxylic acid groups (broad SMARTS) is 1. The first-order chi connectivity index (χ1) is 12.5. The Morgan fingerprint density at radius 3 is 2.26 bits per heavy atom. The van der Waals surface area contributed by atoms with Crippen LogP contribution in [0.1, 0.15) is 11.1 Å². The van der Waals surface area contributed by atoms with Crippen LogP contribution in [0.4, 0.5) is 0 Å². The van der Waals surface area contributed by atoms with E-state index in [1.54, 1.807) is 12.1 Å². The molecule has 0 fully saturated rings. The summed E-state index contributed by atoms with van der Waals surface area (Å²) in [6, 6.07) is 2.07. The van der Waals surface area contributed by atoms with Crippen LogP contribution in [0.2, 0.25) is 0 Å². The molecule has 0 radical (unpaired) electrons. The van der Waals surface area contributed by atoms with Gasteiger partial charge in [-0.05, 0) is 62.9 Å². The molecule has 1 aromatic carbocycles. The quantitative estimate of drug-likeness (QED) is 0.345. The average molecular weight is 599 g/mol. The molecule has 0 saturated carbocycles. The van der Waals surface area contributed by atoms with Gasteiger partial charge in [-0.2, -0.15) is 0 Å². The summed E-state index contributed by atoms with van der Waals surface area (Å²) >= 11 is 3.88. The van der Waals surface area contributed by atoms with Crippen molar-refractivity contribution >= 4 is 57.4 Å². The Morgan fingerprint density at radius 1 is 1.19 bits per heavy atom. The zero-order valence-corrected chi connectivity index (χ0v) is 18.5. The van der Waals surface area contributed by atoms with Gasteiger partial charge < -0.3 is 15.3 Å². The molecule has 0 amide bonds. The molecule has 0 bridgehead atoms. The van der Waals surface area contributed by atoms with Crippen LogP contribution in [0.5, 0.6) is 11.6 Å². The summed E-state index contributed by atoms with van der Waals surface area (Å²) in [6.07, 6.45) is 0.983. The minimum absolute atomic E-state index is 0.0188. The highest BCUT2D eigenvalue weighted by Crippen LogP contribution is 2.28. The van der Waals surface area contributed by atoms with E-state index in [9.17, 15) is 29.7 Å². The molecule has 0 aliphatic carbocycles. The minimum atomic E-state index is -1.22. The first-order valence-electron chi connectivity index (χ1n) is 7.46. The molecule has 2 aromatic rings. The predicted octanol–water partition coefficient (Wildman–Crippen LogP) is 0.819. The second-order valence-corrected chi connectivity index (χ2v) is 8.01. The van der Waals surface area contributed by atoms with Crippen molar-refractivity contribution in [3.63, 3.8) is 0 Å². The second-order valence-electron chi connectivity index (χ2n) is 5.69. The number of aliphatic carboxylic acids is 1. The maximum Gasteiger partial charge on any atom is 0.333 e. The molecular formula is C16H15I2N3O6. The van der Waals surface area contributed by atoms with Crippen molar-refractivity contribution in [2.75, 3.05) is 0 Å². The van der Waals surface area contributed by atoms with Gasteiger partial charge in [0.15, 0.2) is 6.04 Å². The van der Waals surface area contributed by atoms with E-state index in [0.29, 0.717) is 12.7 Å². The Bertz CT molecular complexity index is 1030. The van der Waals surface area contributed by atoms with E-state index in [1.807, 2.05) is 45.2 Å². The lowest BCUT2D eigenvalue weighted by molar-refractivity contribution is -0.138. The van der Waals surface area contributed by atoms with E-state index >= 15 is 0 Å². The molecule has 0 aliphatic rings. The lowest BCUT2D eigenvalue weighted by atomic mass is 10.1. The van der Waals surface area contributed by atoms with Gasteiger partial charge in [-0.3, -0.25) is 18.9 Å². The highest BCUT2D eigenvalue weighted by Gasteiger charge is 2.19. The van der Waals surface area contributed by atoms with Crippen molar-refractivity contribution < 1.29 is 20.1 Å². The van der Waals surface area contributed by atoms with Crippen LogP contribution in [0, 0.1) is 7.14 Å². The molecule has 144 valence electrons. The monoisotopic (exact) mass is 599 g/mol. The summed E-state index contributed by atoms with van der Waals surface area (Å²) < 4.78 is 2.81. The highest BCUT2D eigenvalue weighted by atomic mass is 127. The Labute approximate surface area is 180 Å². The molecule has 9 nitrogen and oxygen atoms in total. The Balaban J connectivity index is 2.42. The highest BCUT2D eigenvalue weighted by molar-refractivity contribution is 14.1. The third-order valence-corrected chi connectivity index (χ3v) is 5.49. The van der Waals surface area contributed by atoms with Gasteiger partial charge in [0.1, 0.15) is 11.3 Å². The number of nitrogens with zero attached hydrogens (tertiary/aromatic N) is 3. The summed E-state index contributed by atoms with van der Waals surface area (Å²) in [7, 11) is 2.53. The Kier molecular flexibility index (Phi) is 6.67. The van der Waals surface area contributed by atoms with Crippen molar-refractivity contribution in [1.29, 1.82) is 0 Å². The molecule has 1 aromatic heterocycles. The average Bonchev–Trinajstić information content (AvgIpc) is 2.61. The van der Waals surface area contributed by atoms with Crippen molar-refractivity contribution in [3.05, 3.63) is 51.2 Å². The van der Waals surface area contributed by atoms with Gasteiger partial charge in [0.05, 0.1) is 7.14 Å². The molecule has 3 N–H and O–H groups in total. The van der Waals surface area contributed by atoms with E-state index in [-0.39, 0.29) is 17.7 Å². The van der Waals surface area contributed by atoms with E-state index in [0.717, 1.165) is 15.3 Å². The van der Waals surface area contributed by atoms with Crippen LogP contribution in [0.15, 0.2) is 26.7 Å².